The third-order valence-corrected chi connectivity index (χ3v) is 4.78. The number of allylic oxidation sites excluding steroid dienone is 1. The summed E-state index contributed by atoms with van der Waals surface area (Å²) in [5.41, 5.74) is 1.36. The maximum Gasteiger partial charge on any atom is 0.235 e. The molecule has 0 aromatic heterocycles. The Morgan fingerprint density at radius 3 is 2.89 bits per heavy atom. The van der Waals surface area contributed by atoms with Gasteiger partial charge >= 0.3 is 0 Å². The van der Waals surface area contributed by atoms with E-state index in [0.717, 1.165) is 31.4 Å². The second-order valence-corrected chi connectivity index (χ2v) is 6.20. The van der Waals surface area contributed by atoms with Crippen molar-refractivity contribution in [1.82, 2.24) is 18.2 Å². The van der Waals surface area contributed by atoms with Gasteiger partial charge in [-0.3, -0.25) is 3.11 Å². The highest BCUT2D eigenvalue weighted by Crippen LogP contribution is 2.40. The Kier molecular flexibility index (Phi) is 2.99. The van der Waals surface area contributed by atoms with Gasteiger partial charge in [0.25, 0.3) is 0 Å². The first-order chi connectivity index (χ1) is 8.61. The number of rotatable bonds is 0. The molecule has 0 aromatic carbocycles. The number of nitrogens with zero attached hydrogens (tertiary/aromatic N) is 3. The molecule has 0 spiro atoms. The van der Waals surface area contributed by atoms with Gasteiger partial charge in [-0.25, -0.2) is 0 Å². The van der Waals surface area contributed by atoms with Crippen LogP contribution in [0, 0.1) is 5.92 Å². The van der Waals surface area contributed by atoms with Crippen molar-refractivity contribution in [2.45, 2.75) is 13.3 Å². The largest absolute Gasteiger partial charge is 0.474 e. The highest BCUT2D eigenvalue weighted by Gasteiger charge is 2.38. The lowest BCUT2D eigenvalue weighted by Crippen LogP contribution is -2.49. The highest BCUT2D eigenvalue weighted by molar-refractivity contribution is 14.1. The SMILES string of the molecule is CC1CCN(I)C2=C1N(C)C1=C(NCCO1)N2C. The maximum absolute atomic E-state index is 5.84. The molecule has 0 amide bonds. The van der Waals surface area contributed by atoms with E-state index in [-0.39, 0.29) is 0 Å². The van der Waals surface area contributed by atoms with E-state index in [1.807, 2.05) is 0 Å². The van der Waals surface area contributed by atoms with E-state index in [2.05, 4.69) is 62.1 Å². The molecule has 6 heteroatoms. The Bertz CT molecular complexity index is 396. The summed E-state index contributed by atoms with van der Waals surface area (Å²) >= 11 is 2.41. The lowest BCUT2D eigenvalue weighted by Gasteiger charge is -2.47. The van der Waals surface area contributed by atoms with Crippen LogP contribution in [0.15, 0.2) is 23.2 Å². The van der Waals surface area contributed by atoms with Crippen molar-refractivity contribution in [3.63, 3.8) is 0 Å². The third kappa shape index (κ3) is 1.64. The van der Waals surface area contributed by atoms with Crippen molar-refractivity contribution in [3.8, 4) is 0 Å². The zero-order valence-corrected chi connectivity index (χ0v) is 13.2. The van der Waals surface area contributed by atoms with E-state index in [9.17, 15) is 0 Å². The van der Waals surface area contributed by atoms with Gasteiger partial charge in [0, 0.05) is 26.6 Å². The summed E-state index contributed by atoms with van der Waals surface area (Å²) in [7, 11) is 4.22. The van der Waals surface area contributed by atoms with Crippen molar-refractivity contribution in [2.24, 2.45) is 5.92 Å². The smallest absolute Gasteiger partial charge is 0.235 e. The number of nitrogens with one attached hydrogen (secondary N) is 1. The van der Waals surface area contributed by atoms with Crippen molar-refractivity contribution in [2.75, 3.05) is 33.8 Å². The molecule has 5 nitrogen and oxygen atoms in total. The van der Waals surface area contributed by atoms with Gasteiger partial charge in [0.05, 0.1) is 35.1 Å². The fraction of sp³-hybridized carbons (Fsp3) is 0.667. The van der Waals surface area contributed by atoms with Crippen molar-refractivity contribution in [3.05, 3.63) is 23.2 Å². The molecule has 1 unspecified atom stereocenters. The summed E-state index contributed by atoms with van der Waals surface area (Å²) in [5.74, 6) is 3.89. The first-order valence-electron chi connectivity index (χ1n) is 6.37. The molecule has 1 N–H and O–H groups in total. The first-order valence-corrected chi connectivity index (χ1v) is 7.33. The quantitative estimate of drug-likeness (QED) is 0.521. The fourth-order valence-corrected chi connectivity index (χ4v) is 3.75. The molecule has 0 aromatic rings. The zero-order chi connectivity index (χ0) is 12.9. The third-order valence-electron chi connectivity index (χ3n) is 3.84. The first kappa shape index (κ1) is 12.3. The summed E-state index contributed by atoms with van der Waals surface area (Å²) in [4.78, 5) is 4.44. The van der Waals surface area contributed by atoms with Crippen molar-refractivity contribution < 1.29 is 4.74 Å². The topological polar surface area (TPSA) is 31.0 Å². The maximum atomic E-state index is 5.84. The molecule has 0 radical (unpaired) electrons. The van der Waals surface area contributed by atoms with Crippen LogP contribution < -0.4 is 5.32 Å². The summed E-state index contributed by atoms with van der Waals surface area (Å²) in [6.07, 6.45) is 1.19. The molecular formula is C12H19IN4O. The zero-order valence-electron chi connectivity index (χ0n) is 11.0. The predicted molar refractivity (Wildman–Crippen MR) is 78.0 cm³/mol. The average Bonchev–Trinajstić information content (AvgIpc) is 2.38. The lowest BCUT2D eigenvalue weighted by molar-refractivity contribution is 0.0813. The Labute approximate surface area is 122 Å². The van der Waals surface area contributed by atoms with Crippen LogP contribution in [0.1, 0.15) is 13.3 Å². The molecule has 3 aliphatic rings. The molecule has 3 rings (SSSR count). The Morgan fingerprint density at radius 1 is 1.33 bits per heavy atom. The molecule has 0 bridgehead atoms. The highest BCUT2D eigenvalue weighted by atomic mass is 127. The molecule has 100 valence electrons. The van der Waals surface area contributed by atoms with Crippen molar-refractivity contribution in [1.29, 1.82) is 0 Å². The predicted octanol–water partition coefficient (Wildman–Crippen LogP) is 1.47. The molecule has 1 atom stereocenters. The van der Waals surface area contributed by atoms with Crippen LogP contribution in [0.3, 0.4) is 0 Å². The second kappa shape index (κ2) is 4.40. The molecule has 18 heavy (non-hydrogen) atoms. The van der Waals surface area contributed by atoms with Crippen LogP contribution in [-0.2, 0) is 4.74 Å². The normalized spacial score (nSPS) is 27.8. The van der Waals surface area contributed by atoms with Gasteiger partial charge in [0.1, 0.15) is 12.4 Å². The summed E-state index contributed by atoms with van der Waals surface area (Å²) in [6.45, 7) is 5.01. The van der Waals surface area contributed by atoms with Gasteiger partial charge in [-0.05, 0) is 6.42 Å². The van der Waals surface area contributed by atoms with Crippen molar-refractivity contribution >= 4 is 22.9 Å². The number of ether oxygens (including phenoxy) is 1. The van der Waals surface area contributed by atoms with Gasteiger partial charge in [0.15, 0.2) is 5.82 Å². The van der Waals surface area contributed by atoms with Gasteiger partial charge in [-0.2, -0.15) is 0 Å². The Morgan fingerprint density at radius 2 is 2.11 bits per heavy atom. The minimum absolute atomic E-state index is 0.568. The Balaban J connectivity index is 2.07. The van der Waals surface area contributed by atoms with E-state index < -0.39 is 0 Å². The van der Waals surface area contributed by atoms with E-state index in [1.54, 1.807) is 0 Å². The Hall–Kier alpha value is -0.790. The van der Waals surface area contributed by atoms with Gasteiger partial charge in [-0.1, -0.05) is 6.92 Å². The summed E-state index contributed by atoms with van der Waals surface area (Å²) in [5, 5.41) is 3.44. The second-order valence-electron chi connectivity index (χ2n) is 5.03. The lowest BCUT2D eigenvalue weighted by atomic mass is 9.98. The standard InChI is InChI=1S/C12H19IN4O/c1-8-4-6-17(13)11-9(8)15(2)12-10(16(11)3)14-5-7-18-12/h8,14H,4-7H2,1-3H3. The molecule has 0 saturated carbocycles. The van der Waals surface area contributed by atoms with Crippen LogP contribution in [0.4, 0.5) is 0 Å². The van der Waals surface area contributed by atoms with Gasteiger partial charge < -0.3 is 19.9 Å². The van der Waals surface area contributed by atoms with E-state index in [4.69, 9.17) is 4.74 Å². The van der Waals surface area contributed by atoms with Crippen LogP contribution in [-0.4, -0.2) is 46.7 Å². The number of hydrogen-bond acceptors (Lipinski definition) is 5. The van der Waals surface area contributed by atoms with Crippen LogP contribution in [0.5, 0.6) is 0 Å². The summed E-state index contributed by atoms with van der Waals surface area (Å²) < 4.78 is 8.15. The molecule has 3 aliphatic heterocycles. The monoisotopic (exact) mass is 362 g/mol. The van der Waals surface area contributed by atoms with Gasteiger partial charge in [0.2, 0.25) is 5.88 Å². The minimum atomic E-state index is 0.568. The van der Waals surface area contributed by atoms with E-state index >= 15 is 0 Å². The molecule has 0 aliphatic carbocycles. The van der Waals surface area contributed by atoms with E-state index in [1.165, 1.54) is 17.9 Å². The van der Waals surface area contributed by atoms with Crippen LogP contribution in [0.25, 0.3) is 0 Å². The average molecular weight is 362 g/mol. The fourth-order valence-electron chi connectivity index (χ4n) is 2.90. The molecule has 3 heterocycles. The molecule has 0 saturated heterocycles. The number of halogens is 1. The van der Waals surface area contributed by atoms with Crippen LogP contribution in [0.2, 0.25) is 0 Å². The van der Waals surface area contributed by atoms with Gasteiger partial charge in [-0.15, -0.1) is 0 Å². The molecular weight excluding hydrogens is 343 g/mol. The van der Waals surface area contributed by atoms with E-state index in [0.29, 0.717) is 5.92 Å². The van der Waals surface area contributed by atoms with Crippen LogP contribution >= 0.6 is 22.9 Å². The summed E-state index contributed by atoms with van der Waals surface area (Å²) in [6, 6.07) is 0. The molecule has 0 fully saturated rings. The minimum Gasteiger partial charge on any atom is -0.474 e. The number of hydrogen-bond donors (Lipinski definition) is 1.